The SMILES string of the molecule is CCOc1ccc(/C=C2\Oc3cc(OC(=O)N(CC)CC)ccc3C2=O)cc1. The van der Waals surface area contributed by atoms with Gasteiger partial charge in [0.2, 0.25) is 5.78 Å². The number of ketones is 1. The molecule has 0 aliphatic carbocycles. The Morgan fingerprint density at radius 3 is 2.36 bits per heavy atom. The van der Waals surface area contributed by atoms with Crippen molar-refractivity contribution in [2.24, 2.45) is 0 Å². The summed E-state index contributed by atoms with van der Waals surface area (Å²) in [4.78, 5) is 26.2. The first-order valence-electron chi connectivity index (χ1n) is 9.33. The number of hydrogen-bond acceptors (Lipinski definition) is 5. The lowest BCUT2D eigenvalue weighted by Crippen LogP contribution is -2.33. The molecule has 0 fully saturated rings. The van der Waals surface area contributed by atoms with Crippen LogP contribution in [0, 0.1) is 0 Å². The Balaban J connectivity index is 1.76. The molecule has 0 bridgehead atoms. The van der Waals surface area contributed by atoms with Gasteiger partial charge in [0.25, 0.3) is 0 Å². The zero-order chi connectivity index (χ0) is 20.1. The van der Waals surface area contributed by atoms with E-state index in [1.807, 2.05) is 45.0 Å². The predicted octanol–water partition coefficient (Wildman–Crippen LogP) is 4.54. The Labute approximate surface area is 164 Å². The minimum Gasteiger partial charge on any atom is -0.494 e. The molecule has 2 aromatic carbocycles. The molecule has 1 aliphatic rings. The molecule has 3 rings (SSSR count). The number of hydrogen-bond donors (Lipinski definition) is 0. The third-order valence-electron chi connectivity index (χ3n) is 4.36. The summed E-state index contributed by atoms with van der Waals surface area (Å²) in [7, 11) is 0. The predicted molar refractivity (Wildman–Crippen MR) is 106 cm³/mol. The van der Waals surface area contributed by atoms with E-state index >= 15 is 0 Å². The van der Waals surface area contributed by atoms with Crippen molar-refractivity contribution in [3.05, 3.63) is 59.4 Å². The Bertz CT molecular complexity index is 898. The van der Waals surface area contributed by atoms with E-state index in [0.29, 0.717) is 36.8 Å². The molecule has 0 N–H and O–H groups in total. The first-order valence-corrected chi connectivity index (χ1v) is 9.33. The van der Waals surface area contributed by atoms with Crippen LogP contribution in [0.15, 0.2) is 48.2 Å². The fourth-order valence-corrected chi connectivity index (χ4v) is 2.86. The quantitative estimate of drug-likeness (QED) is 0.687. The first-order chi connectivity index (χ1) is 13.5. The second-order valence-electron chi connectivity index (χ2n) is 6.14. The molecule has 0 spiro atoms. The molecule has 0 unspecified atom stereocenters. The Morgan fingerprint density at radius 1 is 1.04 bits per heavy atom. The van der Waals surface area contributed by atoms with Crippen LogP contribution in [0.1, 0.15) is 36.7 Å². The molecule has 0 saturated carbocycles. The minimum absolute atomic E-state index is 0.203. The molecule has 6 nitrogen and oxygen atoms in total. The van der Waals surface area contributed by atoms with Crippen molar-refractivity contribution in [3.8, 4) is 17.2 Å². The molecule has 6 heteroatoms. The van der Waals surface area contributed by atoms with E-state index in [1.165, 1.54) is 0 Å². The van der Waals surface area contributed by atoms with E-state index in [-0.39, 0.29) is 11.5 Å². The summed E-state index contributed by atoms with van der Waals surface area (Å²) in [6, 6.07) is 12.2. The van der Waals surface area contributed by atoms with Gasteiger partial charge in [-0.1, -0.05) is 12.1 Å². The fourth-order valence-electron chi connectivity index (χ4n) is 2.86. The average Bonchev–Trinajstić information content (AvgIpc) is 2.99. The summed E-state index contributed by atoms with van der Waals surface area (Å²) in [6.07, 6.45) is 1.25. The van der Waals surface area contributed by atoms with Gasteiger partial charge in [0.15, 0.2) is 5.76 Å². The van der Waals surface area contributed by atoms with Crippen LogP contribution in [0.25, 0.3) is 6.08 Å². The largest absolute Gasteiger partial charge is 0.494 e. The van der Waals surface area contributed by atoms with E-state index in [1.54, 1.807) is 29.2 Å². The van der Waals surface area contributed by atoms with Crippen LogP contribution < -0.4 is 14.2 Å². The Kier molecular flexibility index (Phi) is 5.99. The van der Waals surface area contributed by atoms with E-state index in [0.717, 1.165) is 11.3 Å². The maximum absolute atomic E-state index is 12.6. The highest BCUT2D eigenvalue weighted by Crippen LogP contribution is 2.35. The number of benzene rings is 2. The Morgan fingerprint density at radius 2 is 1.71 bits per heavy atom. The van der Waals surface area contributed by atoms with Crippen LogP contribution in [-0.4, -0.2) is 36.5 Å². The molecule has 28 heavy (non-hydrogen) atoms. The number of fused-ring (bicyclic) bond motifs is 1. The van der Waals surface area contributed by atoms with E-state index in [2.05, 4.69) is 0 Å². The van der Waals surface area contributed by atoms with Gasteiger partial charge in [0.1, 0.15) is 17.2 Å². The monoisotopic (exact) mass is 381 g/mol. The third-order valence-corrected chi connectivity index (χ3v) is 4.36. The average molecular weight is 381 g/mol. The lowest BCUT2D eigenvalue weighted by molar-refractivity contribution is 0.101. The number of nitrogens with zero attached hydrogens (tertiary/aromatic N) is 1. The van der Waals surface area contributed by atoms with E-state index in [9.17, 15) is 9.59 Å². The van der Waals surface area contributed by atoms with Crippen molar-refractivity contribution in [3.63, 3.8) is 0 Å². The molecule has 0 aromatic heterocycles. The molecule has 1 aliphatic heterocycles. The summed E-state index contributed by atoms with van der Waals surface area (Å²) in [5, 5.41) is 0. The van der Waals surface area contributed by atoms with Gasteiger partial charge in [-0.25, -0.2) is 4.79 Å². The van der Waals surface area contributed by atoms with Crippen molar-refractivity contribution < 1.29 is 23.8 Å². The molecular formula is C22H23NO5. The van der Waals surface area contributed by atoms with Crippen LogP contribution in [0.5, 0.6) is 17.2 Å². The van der Waals surface area contributed by atoms with Gasteiger partial charge in [0, 0.05) is 19.2 Å². The van der Waals surface area contributed by atoms with Crippen molar-refractivity contribution >= 4 is 18.0 Å². The van der Waals surface area contributed by atoms with E-state index < -0.39 is 6.09 Å². The van der Waals surface area contributed by atoms with Gasteiger partial charge >= 0.3 is 6.09 Å². The van der Waals surface area contributed by atoms with Crippen LogP contribution >= 0.6 is 0 Å². The van der Waals surface area contributed by atoms with Crippen LogP contribution in [0.2, 0.25) is 0 Å². The Hall–Kier alpha value is -3.28. The molecule has 1 heterocycles. The number of Topliss-reactive ketones (excluding diaryl/α,β-unsaturated/α-hetero) is 1. The number of ether oxygens (including phenoxy) is 3. The normalized spacial score (nSPS) is 13.8. The summed E-state index contributed by atoms with van der Waals surface area (Å²) in [6.45, 7) is 7.40. The summed E-state index contributed by atoms with van der Waals surface area (Å²) < 4.78 is 16.5. The number of rotatable bonds is 6. The van der Waals surface area contributed by atoms with Gasteiger partial charge in [-0.2, -0.15) is 0 Å². The number of carbonyl (C=O) groups is 2. The van der Waals surface area contributed by atoms with E-state index in [4.69, 9.17) is 14.2 Å². The number of amides is 1. The van der Waals surface area contributed by atoms with Crippen LogP contribution in [-0.2, 0) is 0 Å². The lowest BCUT2D eigenvalue weighted by Gasteiger charge is -2.17. The second-order valence-corrected chi connectivity index (χ2v) is 6.14. The van der Waals surface area contributed by atoms with Crippen molar-refractivity contribution in [2.75, 3.05) is 19.7 Å². The minimum atomic E-state index is -0.431. The van der Waals surface area contributed by atoms with Gasteiger partial charge < -0.3 is 19.1 Å². The van der Waals surface area contributed by atoms with Gasteiger partial charge in [0.05, 0.1) is 12.2 Å². The number of carbonyl (C=O) groups excluding carboxylic acids is 2. The highest BCUT2D eigenvalue weighted by atomic mass is 16.6. The van der Waals surface area contributed by atoms with Gasteiger partial charge in [-0.3, -0.25) is 4.79 Å². The first kappa shape index (κ1) is 19.5. The smallest absolute Gasteiger partial charge is 0.415 e. The fraction of sp³-hybridized carbons (Fsp3) is 0.273. The molecule has 2 aromatic rings. The number of allylic oxidation sites excluding steroid dienone is 1. The molecule has 0 atom stereocenters. The standard InChI is InChI=1S/C22H23NO5/c1-4-23(5-2)22(25)27-17-11-12-18-19(14-17)28-20(21(18)24)13-15-7-9-16(10-8-15)26-6-3/h7-14H,4-6H2,1-3H3/b20-13-. The molecule has 1 amide bonds. The molecule has 0 saturated heterocycles. The molecule has 0 radical (unpaired) electrons. The summed E-state index contributed by atoms with van der Waals surface area (Å²) in [5.41, 5.74) is 1.27. The van der Waals surface area contributed by atoms with Crippen molar-refractivity contribution in [1.82, 2.24) is 4.90 Å². The highest BCUT2D eigenvalue weighted by molar-refractivity contribution is 6.14. The zero-order valence-electron chi connectivity index (χ0n) is 16.2. The van der Waals surface area contributed by atoms with Crippen molar-refractivity contribution in [2.45, 2.75) is 20.8 Å². The maximum atomic E-state index is 12.6. The lowest BCUT2D eigenvalue weighted by atomic mass is 10.1. The van der Waals surface area contributed by atoms with Crippen LogP contribution in [0.3, 0.4) is 0 Å². The van der Waals surface area contributed by atoms with Crippen molar-refractivity contribution in [1.29, 1.82) is 0 Å². The maximum Gasteiger partial charge on any atom is 0.415 e. The van der Waals surface area contributed by atoms with Gasteiger partial charge in [-0.05, 0) is 56.7 Å². The third kappa shape index (κ3) is 4.17. The summed E-state index contributed by atoms with van der Waals surface area (Å²) >= 11 is 0. The van der Waals surface area contributed by atoms with Gasteiger partial charge in [-0.15, -0.1) is 0 Å². The molecule has 146 valence electrons. The second kappa shape index (κ2) is 8.61. The molecular weight excluding hydrogens is 358 g/mol. The zero-order valence-corrected chi connectivity index (χ0v) is 16.2. The topological polar surface area (TPSA) is 65.1 Å². The van der Waals surface area contributed by atoms with Crippen LogP contribution in [0.4, 0.5) is 4.79 Å². The summed E-state index contributed by atoms with van der Waals surface area (Å²) in [5.74, 6) is 1.51. The highest BCUT2D eigenvalue weighted by Gasteiger charge is 2.28.